The summed E-state index contributed by atoms with van der Waals surface area (Å²) in [5, 5.41) is 0. The van der Waals surface area contributed by atoms with Gasteiger partial charge < -0.3 is 14.1 Å². The Balaban J connectivity index is 1.94. The van der Waals surface area contributed by atoms with Crippen LogP contribution in [0.25, 0.3) is 0 Å². The molecule has 0 fully saturated rings. The minimum Gasteiger partial charge on any atom is -0.472 e. The minimum absolute atomic E-state index is 0.0258. The van der Waals surface area contributed by atoms with Crippen LogP contribution in [0.2, 0.25) is 0 Å². The number of thioether (sulfide) groups is 1. The molecule has 2 aromatic heterocycles. The quantitative estimate of drug-likeness (QED) is 0.816. The van der Waals surface area contributed by atoms with Gasteiger partial charge in [-0.2, -0.15) is 0 Å². The van der Waals surface area contributed by atoms with Crippen LogP contribution in [0.15, 0.2) is 33.3 Å². The number of carbonyl (C=O) groups excluding carboxylic acids is 2. The second-order valence-electron chi connectivity index (χ2n) is 4.18. The maximum Gasteiger partial charge on any atom is 0.348 e. The monoisotopic (exact) mass is 309 g/mol. The highest BCUT2D eigenvalue weighted by molar-refractivity contribution is 8.02. The average molecular weight is 309 g/mol. The van der Waals surface area contributed by atoms with E-state index in [1.807, 2.05) is 6.07 Å². The van der Waals surface area contributed by atoms with E-state index in [1.165, 1.54) is 30.2 Å². The topological polar surface area (TPSA) is 59.8 Å². The van der Waals surface area contributed by atoms with Crippen LogP contribution in [-0.4, -0.2) is 24.7 Å². The summed E-state index contributed by atoms with van der Waals surface area (Å²) in [6.07, 6.45) is 3.19. The van der Waals surface area contributed by atoms with E-state index in [2.05, 4.69) is 0 Å². The molecule has 1 aliphatic heterocycles. The standard InChI is InChI=1S/C13H11NO4S2/c1-17-12(16)10-4-9-13(20-10)19-7-11(15)14(9)5-8-2-3-18-6-8/h2-4,6H,5,7H2,1H3. The van der Waals surface area contributed by atoms with Crippen molar-refractivity contribution in [2.45, 2.75) is 10.8 Å². The van der Waals surface area contributed by atoms with E-state index in [0.29, 0.717) is 17.2 Å². The SMILES string of the molecule is COC(=O)c1cc2c(s1)SCC(=O)N2Cc1ccoc1. The maximum absolute atomic E-state index is 12.1. The van der Waals surface area contributed by atoms with Crippen LogP contribution >= 0.6 is 23.1 Å². The van der Waals surface area contributed by atoms with Crippen molar-refractivity contribution < 1.29 is 18.7 Å². The summed E-state index contributed by atoms with van der Waals surface area (Å²) in [6.45, 7) is 0.445. The van der Waals surface area contributed by atoms with Crippen LogP contribution in [-0.2, 0) is 16.1 Å². The Hall–Kier alpha value is -1.73. The lowest BCUT2D eigenvalue weighted by Gasteiger charge is -2.25. The molecule has 0 radical (unpaired) electrons. The van der Waals surface area contributed by atoms with Crippen LogP contribution in [0.4, 0.5) is 5.69 Å². The number of nitrogens with zero attached hydrogens (tertiary/aromatic N) is 1. The number of furan rings is 1. The number of anilines is 1. The zero-order valence-corrected chi connectivity index (χ0v) is 12.3. The number of hydrogen-bond acceptors (Lipinski definition) is 6. The van der Waals surface area contributed by atoms with Crippen molar-refractivity contribution in [2.24, 2.45) is 0 Å². The first-order chi connectivity index (χ1) is 9.69. The van der Waals surface area contributed by atoms with Crippen molar-refractivity contribution in [3.05, 3.63) is 35.1 Å². The summed E-state index contributed by atoms with van der Waals surface area (Å²) in [4.78, 5) is 25.9. The van der Waals surface area contributed by atoms with Gasteiger partial charge in [0.15, 0.2) is 0 Å². The van der Waals surface area contributed by atoms with Crippen LogP contribution in [0, 0.1) is 0 Å². The Bertz CT molecular complexity index is 647. The summed E-state index contributed by atoms with van der Waals surface area (Å²) < 4.78 is 10.7. The van der Waals surface area contributed by atoms with Crippen molar-refractivity contribution >= 4 is 40.7 Å². The first-order valence-corrected chi connectivity index (χ1v) is 7.65. The Morgan fingerprint density at radius 1 is 1.55 bits per heavy atom. The maximum atomic E-state index is 12.1. The molecule has 0 aliphatic carbocycles. The third kappa shape index (κ3) is 2.34. The van der Waals surface area contributed by atoms with Gasteiger partial charge in [-0.3, -0.25) is 4.79 Å². The Labute approximate surface area is 123 Å². The van der Waals surface area contributed by atoms with Gasteiger partial charge in [0.1, 0.15) is 4.88 Å². The summed E-state index contributed by atoms with van der Waals surface area (Å²) in [7, 11) is 1.35. The highest BCUT2D eigenvalue weighted by Gasteiger charge is 2.29. The predicted octanol–water partition coefficient (Wildman–Crippen LogP) is 2.77. The van der Waals surface area contributed by atoms with E-state index in [-0.39, 0.29) is 11.9 Å². The molecule has 1 amide bonds. The molecule has 7 heteroatoms. The number of esters is 1. The highest BCUT2D eigenvalue weighted by atomic mass is 32.2. The fraction of sp³-hybridized carbons (Fsp3) is 0.231. The molecule has 3 heterocycles. The number of rotatable bonds is 3. The van der Waals surface area contributed by atoms with E-state index in [0.717, 1.165) is 15.5 Å². The van der Waals surface area contributed by atoms with Gasteiger partial charge in [0.25, 0.3) is 0 Å². The fourth-order valence-corrected chi connectivity index (χ4v) is 4.16. The molecule has 0 N–H and O–H groups in total. The lowest BCUT2D eigenvalue weighted by atomic mass is 10.3. The van der Waals surface area contributed by atoms with Crippen LogP contribution < -0.4 is 4.90 Å². The highest BCUT2D eigenvalue weighted by Crippen LogP contribution is 2.42. The molecule has 104 valence electrons. The lowest BCUT2D eigenvalue weighted by Crippen LogP contribution is -2.34. The molecule has 5 nitrogen and oxygen atoms in total. The number of carbonyl (C=O) groups is 2. The fourth-order valence-electron chi connectivity index (χ4n) is 1.94. The van der Waals surface area contributed by atoms with Gasteiger partial charge in [-0.1, -0.05) is 0 Å². The van der Waals surface area contributed by atoms with Crippen molar-refractivity contribution in [3.63, 3.8) is 0 Å². The molecular formula is C13H11NO4S2. The molecule has 0 bridgehead atoms. The van der Waals surface area contributed by atoms with E-state index >= 15 is 0 Å². The third-order valence-electron chi connectivity index (χ3n) is 2.91. The molecule has 0 aromatic carbocycles. The lowest BCUT2D eigenvalue weighted by molar-refractivity contribution is -0.116. The third-order valence-corrected chi connectivity index (χ3v) is 5.27. The molecule has 0 atom stereocenters. The number of thiophene rings is 1. The van der Waals surface area contributed by atoms with Gasteiger partial charge in [0.2, 0.25) is 5.91 Å². The Kier molecular flexibility index (Phi) is 3.54. The zero-order valence-electron chi connectivity index (χ0n) is 10.6. The second kappa shape index (κ2) is 5.34. The Morgan fingerprint density at radius 2 is 2.40 bits per heavy atom. The number of methoxy groups -OCH3 is 1. The molecule has 0 saturated carbocycles. The van der Waals surface area contributed by atoms with E-state index in [9.17, 15) is 9.59 Å². The smallest absolute Gasteiger partial charge is 0.348 e. The first-order valence-electron chi connectivity index (χ1n) is 5.85. The summed E-state index contributed by atoms with van der Waals surface area (Å²) >= 11 is 2.82. The second-order valence-corrected chi connectivity index (χ2v) is 6.47. The number of ether oxygens (including phenoxy) is 1. The van der Waals surface area contributed by atoms with E-state index in [4.69, 9.17) is 9.15 Å². The number of amides is 1. The average Bonchev–Trinajstić information content (AvgIpc) is 3.10. The van der Waals surface area contributed by atoms with Crippen molar-refractivity contribution in [1.82, 2.24) is 0 Å². The predicted molar refractivity (Wildman–Crippen MR) is 76.3 cm³/mol. The van der Waals surface area contributed by atoms with Crippen LogP contribution in [0.5, 0.6) is 0 Å². The summed E-state index contributed by atoms with van der Waals surface area (Å²) in [5.41, 5.74) is 1.69. The molecule has 3 rings (SSSR count). The molecular weight excluding hydrogens is 298 g/mol. The molecule has 2 aromatic rings. The van der Waals surface area contributed by atoms with Gasteiger partial charge >= 0.3 is 5.97 Å². The van der Waals surface area contributed by atoms with Gasteiger partial charge in [-0.05, 0) is 12.1 Å². The van der Waals surface area contributed by atoms with Gasteiger partial charge in [-0.25, -0.2) is 4.79 Å². The van der Waals surface area contributed by atoms with Crippen molar-refractivity contribution in [2.75, 3.05) is 17.8 Å². The molecule has 0 spiro atoms. The number of hydrogen-bond donors (Lipinski definition) is 0. The Morgan fingerprint density at radius 3 is 3.10 bits per heavy atom. The van der Waals surface area contributed by atoms with Crippen LogP contribution in [0.3, 0.4) is 0 Å². The van der Waals surface area contributed by atoms with Crippen LogP contribution in [0.1, 0.15) is 15.2 Å². The van der Waals surface area contributed by atoms with Gasteiger partial charge in [-0.15, -0.1) is 23.1 Å². The van der Waals surface area contributed by atoms with Crippen molar-refractivity contribution in [1.29, 1.82) is 0 Å². The van der Waals surface area contributed by atoms with E-state index in [1.54, 1.807) is 23.5 Å². The normalized spacial score (nSPS) is 14.2. The summed E-state index contributed by atoms with van der Waals surface area (Å²) in [5.74, 6) is 0.0324. The minimum atomic E-state index is -0.374. The van der Waals surface area contributed by atoms with Gasteiger partial charge in [0, 0.05) is 5.56 Å². The molecule has 1 aliphatic rings. The first kappa shape index (κ1) is 13.3. The molecule has 0 saturated heterocycles. The van der Waals surface area contributed by atoms with E-state index < -0.39 is 0 Å². The van der Waals surface area contributed by atoms with Crippen molar-refractivity contribution in [3.8, 4) is 0 Å². The van der Waals surface area contributed by atoms with Gasteiger partial charge in [0.05, 0.1) is 41.8 Å². The summed E-state index contributed by atoms with van der Waals surface area (Å²) in [6, 6.07) is 3.54. The zero-order chi connectivity index (χ0) is 14.1. The largest absolute Gasteiger partial charge is 0.472 e. The molecule has 0 unspecified atom stereocenters. The molecule has 20 heavy (non-hydrogen) atoms. The number of fused-ring (bicyclic) bond motifs is 1.